The molecule has 7 nitrogen and oxygen atoms in total. The lowest BCUT2D eigenvalue weighted by Crippen LogP contribution is -2.38. The first kappa shape index (κ1) is 23.8. The number of H-pyrrole nitrogens is 1. The molecule has 1 aromatic carbocycles. The number of rotatable bonds is 8. The van der Waals surface area contributed by atoms with Crippen molar-refractivity contribution in [2.75, 3.05) is 5.32 Å². The van der Waals surface area contributed by atoms with E-state index in [2.05, 4.69) is 26.8 Å². The highest BCUT2D eigenvalue weighted by molar-refractivity contribution is 5.91. The Labute approximate surface area is 192 Å². The number of nitrogens with one attached hydrogen (secondary N) is 3. The number of hydrogen-bond acceptors (Lipinski definition) is 5. The van der Waals surface area contributed by atoms with E-state index in [-0.39, 0.29) is 35.3 Å². The molecule has 180 valence electrons. The highest BCUT2D eigenvalue weighted by Crippen LogP contribution is 2.43. The molecule has 4 rings (SSSR count). The van der Waals surface area contributed by atoms with Crippen LogP contribution in [0, 0.1) is 23.1 Å². The van der Waals surface area contributed by atoms with Crippen molar-refractivity contribution in [1.82, 2.24) is 20.1 Å². The van der Waals surface area contributed by atoms with E-state index in [1.807, 2.05) is 0 Å². The van der Waals surface area contributed by atoms with Gasteiger partial charge in [0, 0.05) is 23.5 Å². The molecule has 0 radical (unpaired) electrons. The minimum absolute atomic E-state index is 0.139. The number of anilines is 2. The molecule has 1 aliphatic carbocycles. The van der Waals surface area contributed by atoms with Crippen LogP contribution in [0.5, 0.6) is 0 Å². The third kappa shape index (κ3) is 4.77. The molecule has 2 atom stereocenters. The van der Waals surface area contributed by atoms with Crippen LogP contribution < -0.4 is 16.2 Å². The molecule has 3 aromatic rings. The lowest BCUT2D eigenvalue weighted by Gasteiger charge is -2.25. The van der Waals surface area contributed by atoms with Crippen LogP contribution in [0.2, 0.25) is 0 Å². The number of halogens is 4. The lowest BCUT2D eigenvalue weighted by atomic mass is 10.0. The van der Waals surface area contributed by atoms with Crippen LogP contribution in [0.4, 0.5) is 29.1 Å². The molecule has 2 unspecified atom stereocenters. The zero-order valence-electron chi connectivity index (χ0n) is 18.6. The molecule has 0 saturated heterocycles. The van der Waals surface area contributed by atoms with Gasteiger partial charge in [-0.05, 0) is 37.0 Å². The van der Waals surface area contributed by atoms with E-state index in [1.165, 1.54) is 12.3 Å². The smallest absolute Gasteiger partial charge is 0.338 e. The van der Waals surface area contributed by atoms with E-state index < -0.39 is 35.2 Å². The first-order valence-corrected chi connectivity index (χ1v) is 11.0. The maximum absolute atomic E-state index is 14.8. The number of aromatic amines is 1. The highest BCUT2D eigenvalue weighted by atomic mass is 19.4. The van der Waals surface area contributed by atoms with Crippen molar-refractivity contribution in [2.45, 2.75) is 57.4 Å². The van der Waals surface area contributed by atoms with E-state index in [4.69, 9.17) is 0 Å². The Kier molecular flexibility index (Phi) is 6.36. The van der Waals surface area contributed by atoms with Gasteiger partial charge in [-0.3, -0.25) is 9.48 Å². The number of nitriles is 1. The minimum Gasteiger partial charge on any atom is -0.338 e. The molecular formula is C23H24F4N6O. The van der Waals surface area contributed by atoms with Gasteiger partial charge in [0.15, 0.2) is 5.82 Å². The van der Waals surface area contributed by atoms with Crippen molar-refractivity contribution in [3.8, 4) is 6.07 Å². The number of aromatic nitrogens is 3. The number of nitrogens with zero attached hydrogens (tertiary/aromatic N) is 3. The number of pyridine rings is 1. The second kappa shape index (κ2) is 9.10. The van der Waals surface area contributed by atoms with E-state index in [1.54, 1.807) is 24.6 Å². The number of alkyl halides is 3. The standard InChI is InChI=1S/C23H24F4N6O/c1-12(2)30-20(23(25,26)27)15-6-5-14(11-16(15)24)31-21-19-18(8-10-29-22(19)34)33(32-21)17(7-9-28)13-3-4-13/h5-6,8,10-13,17,20,30H,3-4,7H2,1-2H3,(H,29,34)(H,31,32). The lowest BCUT2D eigenvalue weighted by molar-refractivity contribution is -0.159. The Balaban J connectivity index is 1.71. The Bertz CT molecular complexity index is 1290. The van der Waals surface area contributed by atoms with E-state index in [0.29, 0.717) is 5.52 Å². The molecule has 0 aliphatic heterocycles. The zero-order chi connectivity index (χ0) is 24.6. The fourth-order valence-electron chi connectivity index (χ4n) is 4.14. The fourth-order valence-corrected chi connectivity index (χ4v) is 4.14. The van der Waals surface area contributed by atoms with Gasteiger partial charge in [0.25, 0.3) is 5.56 Å². The molecule has 1 aliphatic rings. The molecule has 0 amide bonds. The van der Waals surface area contributed by atoms with Crippen LogP contribution in [-0.2, 0) is 0 Å². The third-order valence-electron chi connectivity index (χ3n) is 5.81. The Hall–Kier alpha value is -3.39. The van der Waals surface area contributed by atoms with Gasteiger partial charge in [-0.2, -0.15) is 23.5 Å². The molecular weight excluding hydrogens is 452 g/mol. The number of fused-ring (bicyclic) bond motifs is 1. The van der Waals surface area contributed by atoms with Crippen molar-refractivity contribution in [3.63, 3.8) is 0 Å². The van der Waals surface area contributed by atoms with Gasteiger partial charge in [0.2, 0.25) is 0 Å². The van der Waals surface area contributed by atoms with Crippen molar-refractivity contribution < 1.29 is 17.6 Å². The molecule has 1 saturated carbocycles. The minimum atomic E-state index is -4.68. The predicted molar refractivity (Wildman–Crippen MR) is 119 cm³/mol. The topological polar surface area (TPSA) is 98.5 Å². The monoisotopic (exact) mass is 476 g/mol. The van der Waals surface area contributed by atoms with E-state index in [0.717, 1.165) is 25.0 Å². The Morgan fingerprint density at radius 1 is 1.29 bits per heavy atom. The normalized spacial score (nSPS) is 15.9. The summed E-state index contributed by atoms with van der Waals surface area (Å²) in [6.07, 6.45) is -1.07. The highest BCUT2D eigenvalue weighted by Gasteiger charge is 2.42. The predicted octanol–water partition coefficient (Wildman–Crippen LogP) is 5.07. The quantitative estimate of drug-likeness (QED) is 0.394. The van der Waals surface area contributed by atoms with Gasteiger partial charge < -0.3 is 15.6 Å². The van der Waals surface area contributed by atoms with Gasteiger partial charge in [-0.25, -0.2) is 4.39 Å². The van der Waals surface area contributed by atoms with Gasteiger partial charge in [0.1, 0.15) is 17.2 Å². The first-order chi connectivity index (χ1) is 16.1. The summed E-state index contributed by atoms with van der Waals surface area (Å²) in [7, 11) is 0. The van der Waals surface area contributed by atoms with Crippen molar-refractivity contribution >= 4 is 22.4 Å². The largest absolute Gasteiger partial charge is 0.408 e. The summed E-state index contributed by atoms with van der Waals surface area (Å²) in [4.78, 5) is 15.1. The van der Waals surface area contributed by atoms with Crippen LogP contribution in [0.3, 0.4) is 0 Å². The second-order valence-corrected chi connectivity index (χ2v) is 8.78. The second-order valence-electron chi connectivity index (χ2n) is 8.78. The molecule has 0 bridgehead atoms. The van der Waals surface area contributed by atoms with E-state index >= 15 is 0 Å². The maximum atomic E-state index is 14.8. The first-order valence-electron chi connectivity index (χ1n) is 11.0. The van der Waals surface area contributed by atoms with Crippen molar-refractivity contribution in [1.29, 1.82) is 5.26 Å². The summed E-state index contributed by atoms with van der Waals surface area (Å²) >= 11 is 0. The molecule has 0 spiro atoms. The summed E-state index contributed by atoms with van der Waals surface area (Å²) in [6.45, 7) is 3.10. The van der Waals surface area contributed by atoms with Crippen LogP contribution in [-0.4, -0.2) is 27.0 Å². The van der Waals surface area contributed by atoms with Gasteiger partial charge in [-0.1, -0.05) is 19.9 Å². The zero-order valence-corrected chi connectivity index (χ0v) is 18.6. The van der Waals surface area contributed by atoms with Gasteiger partial charge in [-0.15, -0.1) is 0 Å². The molecule has 1 fully saturated rings. The third-order valence-corrected chi connectivity index (χ3v) is 5.81. The average Bonchev–Trinajstić information content (AvgIpc) is 3.52. The summed E-state index contributed by atoms with van der Waals surface area (Å²) in [5.74, 6) is -0.627. The molecule has 3 N–H and O–H groups in total. The van der Waals surface area contributed by atoms with Crippen LogP contribution in [0.25, 0.3) is 10.9 Å². The Morgan fingerprint density at radius 3 is 2.62 bits per heavy atom. The maximum Gasteiger partial charge on any atom is 0.408 e. The fraction of sp³-hybridized carbons (Fsp3) is 0.435. The average molecular weight is 476 g/mol. The Morgan fingerprint density at radius 2 is 2.03 bits per heavy atom. The van der Waals surface area contributed by atoms with Crippen LogP contribution >= 0.6 is 0 Å². The summed E-state index contributed by atoms with van der Waals surface area (Å²) in [6, 6.07) is 4.29. The summed E-state index contributed by atoms with van der Waals surface area (Å²) in [5.41, 5.74) is -0.283. The van der Waals surface area contributed by atoms with Crippen LogP contribution in [0.1, 0.15) is 50.8 Å². The van der Waals surface area contributed by atoms with Crippen molar-refractivity contribution in [2.24, 2.45) is 5.92 Å². The molecule has 34 heavy (non-hydrogen) atoms. The molecule has 11 heteroatoms. The number of hydrogen-bond donors (Lipinski definition) is 3. The number of benzene rings is 1. The summed E-state index contributed by atoms with van der Waals surface area (Å²) < 4.78 is 57.0. The molecule has 2 aromatic heterocycles. The van der Waals surface area contributed by atoms with E-state index in [9.17, 15) is 27.6 Å². The van der Waals surface area contributed by atoms with Crippen molar-refractivity contribution in [3.05, 3.63) is 52.2 Å². The van der Waals surface area contributed by atoms with Gasteiger partial charge in [0.05, 0.1) is 24.0 Å². The molecule has 2 heterocycles. The SMILES string of the molecule is CC(C)NC(c1ccc(Nc2nn(C(CC#N)C3CC3)c3cc[nH]c(=O)c23)cc1F)C(F)(F)F. The van der Waals surface area contributed by atoms with Crippen LogP contribution in [0.15, 0.2) is 35.3 Å². The van der Waals surface area contributed by atoms with Gasteiger partial charge >= 0.3 is 6.18 Å². The summed E-state index contributed by atoms with van der Waals surface area (Å²) in [5, 5.41) is 19.2.